The molecule has 104 valence electrons. The van der Waals surface area contributed by atoms with Crippen LogP contribution in [0.15, 0.2) is 10.6 Å². The highest BCUT2D eigenvalue weighted by Gasteiger charge is 2.36. The summed E-state index contributed by atoms with van der Waals surface area (Å²) in [4.78, 5) is 0. The monoisotopic (exact) mass is 273 g/mol. The Kier molecular flexibility index (Phi) is 4.95. The average molecular weight is 273 g/mol. The summed E-state index contributed by atoms with van der Waals surface area (Å²) in [6.45, 7) is 11.8. The fourth-order valence-corrected chi connectivity index (χ4v) is 2.12. The van der Waals surface area contributed by atoms with E-state index in [-0.39, 0.29) is 11.6 Å². The van der Waals surface area contributed by atoms with Gasteiger partial charge in [-0.25, -0.2) is 0 Å². The van der Waals surface area contributed by atoms with Crippen molar-refractivity contribution in [2.75, 3.05) is 13.2 Å². The molecule has 0 aromatic carbocycles. The van der Waals surface area contributed by atoms with Crippen LogP contribution in [0, 0.1) is 0 Å². The van der Waals surface area contributed by atoms with Crippen LogP contribution < -0.4 is 4.74 Å². The Bertz CT molecular complexity index is 370. The second-order valence-electron chi connectivity index (χ2n) is 5.75. The van der Waals surface area contributed by atoms with Crippen molar-refractivity contribution >= 4 is 8.32 Å². The van der Waals surface area contributed by atoms with Gasteiger partial charge in [0.25, 0.3) is 5.88 Å². The van der Waals surface area contributed by atoms with Crippen LogP contribution in [-0.4, -0.2) is 31.8 Å². The molecule has 0 atom stereocenters. The van der Waals surface area contributed by atoms with Gasteiger partial charge < -0.3 is 18.8 Å². The minimum atomic E-state index is -1.71. The highest BCUT2D eigenvalue weighted by atomic mass is 28.4. The van der Waals surface area contributed by atoms with Crippen LogP contribution in [0.2, 0.25) is 18.1 Å². The van der Waals surface area contributed by atoms with Crippen molar-refractivity contribution in [3.8, 4) is 5.88 Å². The van der Waals surface area contributed by atoms with Crippen molar-refractivity contribution in [3.05, 3.63) is 11.8 Å². The molecule has 18 heavy (non-hydrogen) atoms. The molecule has 0 spiro atoms. The molecule has 0 saturated carbocycles. The van der Waals surface area contributed by atoms with E-state index < -0.39 is 8.32 Å². The van der Waals surface area contributed by atoms with Crippen LogP contribution in [0.1, 0.15) is 26.5 Å². The first kappa shape index (κ1) is 15.2. The van der Waals surface area contributed by atoms with E-state index in [1.807, 2.05) is 0 Å². The van der Waals surface area contributed by atoms with E-state index in [0.717, 1.165) is 0 Å². The molecule has 0 amide bonds. The normalized spacial score (nSPS) is 12.8. The summed E-state index contributed by atoms with van der Waals surface area (Å²) in [6, 6.07) is 1.58. The Hall–Kier alpha value is -0.853. The number of aliphatic hydroxyl groups is 1. The molecule has 0 bridgehead atoms. The minimum absolute atomic E-state index is 0.170. The number of aliphatic hydroxyl groups excluding tert-OH is 1. The number of hydrogen-bond acceptors (Lipinski definition) is 5. The van der Waals surface area contributed by atoms with Crippen molar-refractivity contribution in [2.24, 2.45) is 0 Å². The molecule has 0 saturated heterocycles. The first-order valence-corrected chi connectivity index (χ1v) is 9.00. The van der Waals surface area contributed by atoms with Gasteiger partial charge in [0.1, 0.15) is 13.2 Å². The second-order valence-corrected chi connectivity index (χ2v) is 10.6. The summed E-state index contributed by atoms with van der Waals surface area (Å²) in [5.74, 6) is 0.785. The number of nitrogens with zero attached hydrogens (tertiary/aromatic N) is 1. The lowest BCUT2D eigenvalue weighted by Crippen LogP contribution is -2.41. The number of rotatable bonds is 6. The number of aromatic nitrogens is 1. The molecule has 0 unspecified atom stereocenters. The van der Waals surface area contributed by atoms with Gasteiger partial charge in [-0.2, -0.15) is 0 Å². The second kappa shape index (κ2) is 5.86. The van der Waals surface area contributed by atoms with Gasteiger partial charge in [0.15, 0.2) is 14.1 Å². The van der Waals surface area contributed by atoms with Crippen molar-refractivity contribution in [1.29, 1.82) is 0 Å². The summed E-state index contributed by atoms with van der Waals surface area (Å²) in [5.41, 5.74) is 0. The predicted molar refractivity (Wildman–Crippen MR) is 71.1 cm³/mol. The fourth-order valence-electron chi connectivity index (χ4n) is 1.10. The predicted octanol–water partition coefficient (Wildman–Crippen LogP) is 2.57. The molecule has 0 radical (unpaired) electrons. The molecule has 1 N–H and O–H groups in total. The van der Waals surface area contributed by atoms with E-state index in [2.05, 4.69) is 39.0 Å². The molecule has 1 aromatic rings. The molecule has 5 nitrogen and oxygen atoms in total. The highest BCUT2D eigenvalue weighted by Crippen LogP contribution is 2.36. The largest absolute Gasteiger partial charge is 0.473 e. The maximum atomic E-state index is 8.81. The van der Waals surface area contributed by atoms with E-state index in [9.17, 15) is 0 Å². The summed E-state index contributed by atoms with van der Waals surface area (Å²) in [7, 11) is -1.71. The zero-order chi connectivity index (χ0) is 13.8. The zero-order valence-electron chi connectivity index (χ0n) is 11.8. The van der Waals surface area contributed by atoms with E-state index in [1.54, 1.807) is 6.07 Å². The minimum Gasteiger partial charge on any atom is -0.473 e. The summed E-state index contributed by atoms with van der Waals surface area (Å²) in [6.07, 6.45) is 0. The van der Waals surface area contributed by atoms with Gasteiger partial charge in [-0.3, -0.25) is 0 Å². The fraction of sp³-hybridized carbons (Fsp3) is 0.750. The van der Waals surface area contributed by atoms with Crippen LogP contribution in [0.5, 0.6) is 5.88 Å². The Morgan fingerprint density at radius 2 is 2.00 bits per heavy atom. The van der Waals surface area contributed by atoms with E-state index in [4.69, 9.17) is 18.8 Å². The molecule has 0 aliphatic rings. The maximum absolute atomic E-state index is 8.81. The molecule has 1 rings (SSSR count). The van der Waals surface area contributed by atoms with Crippen LogP contribution in [0.25, 0.3) is 0 Å². The molecular weight excluding hydrogens is 250 g/mol. The lowest BCUT2D eigenvalue weighted by atomic mass is 10.2. The van der Waals surface area contributed by atoms with Crippen LogP contribution in [0.4, 0.5) is 0 Å². The van der Waals surface area contributed by atoms with Gasteiger partial charge in [0.05, 0.1) is 6.61 Å². The third-order valence-electron chi connectivity index (χ3n) is 3.30. The molecule has 1 aromatic heterocycles. The molecule has 0 fully saturated rings. The lowest BCUT2D eigenvalue weighted by molar-refractivity contribution is 0.189. The van der Waals surface area contributed by atoms with E-state index >= 15 is 0 Å². The first-order valence-electron chi connectivity index (χ1n) is 6.09. The molecule has 0 aliphatic carbocycles. The van der Waals surface area contributed by atoms with Crippen molar-refractivity contribution in [3.63, 3.8) is 0 Å². The SMILES string of the molecule is CC(C)(C)[Si](C)(C)OCCOc1cc(CO)on1. The quantitative estimate of drug-likeness (QED) is 0.637. The first-order chi connectivity index (χ1) is 8.26. The lowest BCUT2D eigenvalue weighted by Gasteiger charge is -2.36. The third-order valence-corrected chi connectivity index (χ3v) is 7.83. The maximum Gasteiger partial charge on any atom is 0.254 e. The molecule has 6 heteroatoms. The Morgan fingerprint density at radius 1 is 1.33 bits per heavy atom. The van der Waals surface area contributed by atoms with Gasteiger partial charge in [-0.1, -0.05) is 20.8 Å². The van der Waals surface area contributed by atoms with Crippen LogP contribution in [-0.2, 0) is 11.0 Å². The molecule has 0 aliphatic heterocycles. The van der Waals surface area contributed by atoms with E-state index in [0.29, 0.717) is 24.9 Å². The van der Waals surface area contributed by atoms with Crippen LogP contribution >= 0.6 is 0 Å². The summed E-state index contributed by atoms with van der Waals surface area (Å²) >= 11 is 0. The van der Waals surface area contributed by atoms with Crippen LogP contribution in [0.3, 0.4) is 0 Å². The van der Waals surface area contributed by atoms with Gasteiger partial charge in [-0.05, 0) is 23.3 Å². The van der Waals surface area contributed by atoms with Crippen molar-refractivity contribution < 1.29 is 18.8 Å². The Labute approximate surface area is 109 Å². The molecule has 1 heterocycles. The Balaban J connectivity index is 2.31. The van der Waals surface area contributed by atoms with Gasteiger partial charge in [-0.15, -0.1) is 0 Å². The van der Waals surface area contributed by atoms with E-state index in [1.165, 1.54) is 0 Å². The van der Waals surface area contributed by atoms with Gasteiger partial charge in [0, 0.05) is 6.07 Å². The molecular formula is C12H23NO4Si. The standard InChI is InChI=1S/C12H23NO4Si/c1-12(2,3)18(4,5)16-7-6-15-11-8-10(9-14)17-13-11/h8,14H,6-7,9H2,1-5H3. The topological polar surface area (TPSA) is 64.7 Å². The zero-order valence-corrected chi connectivity index (χ0v) is 12.8. The van der Waals surface area contributed by atoms with Crippen molar-refractivity contribution in [2.45, 2.75) is 45.5 Å². The van der Waals surface area contributed by atoms with Gasteiger partial charge in [0.2, 0.25) is 0 Å². The van der Waals surface area contributed by atoms with Crippen molar-refractivity contribution in [1.82, 2.24) is 5.16 Å². The highest BCUT2D eigenvalue weighted by molar-refractivity contribution is 6.74. The number of ether oxygens (including phenoxy) is 1. The summed E-state index contributed by atoms with van der Waals surface area (Å²) in [5, 5.41) is 12.7. The summed E-state index contributed by atoms with van der Waals surface area (Å²) < 4.78 is 16.1. The van der Waals surface area contributed by atoms with Gasteiger partial charge >= 0.3 is 0 Å². The third kappa shape index (κ3) is 4.11. The average Bonchev–Trinajstić information content (AvgIpc) is 2.70. The number of hydrogen-bond donors (Lipinski definition) is 1. The Morgan fingerprint density at radius 3 is 2.50 bits per heavy atom. The smallest absolute Gasteiger partial charge is 0.254 e.